The minimum Gasteiger partial charge on any atom is -0.317 e. The molecule has 0 aliphatic carbocycles. The van der Waals surface area contributed by atoms with Crippen molar-refractivity contribution in [3.63, 3.8) is 0 Å². The van der Waals surface area contributed by atoms with Crippen molar-refractivity contribution in [3.05, 3.63) is 12.3 Å². The van der Waals surface area contributed by atoms with E-state index < -0.39 is 0 Å². The SMILES string of the molecule is C/C=C\N=CNC(C)=O. The number of allylic oxidation sites excluding steroid dienone is 1. The van der Waals surface area contributed by atoms with Crippen LogP contribution < -0.4 is 5.32 Å². The molecule has 0 radical (unpaired) electrons. The lowest BCUT2D eigenvalue weighted by Crippen LogP contribution is -2.16. The molecule has 0 aliphatic rings. The molecule has 0 unspecified atom stereocenters. The fourth-order valence-electron chi connectivity index (χ4n) is 0.257. The highest BCUT2D eigenvalue weighted by molar-refractivity contribution is 5.85. The van der Waals surface area contributed by atoms with Gasteiger partial charge in [-0.1, -0.05) is 6.08 Å². The predicted molar refractivity (Wildman–Crippen MR) is 37.1 cm³/mol. The van der Waals surface area contributed by atoms with E-state index in [4.69, 9.17) is 0 Å². The molecule has 0 spiro atoms. The molecule has 0 saturated heterocycles. The van der Waals surface area contributed by atoms with E-state index in [9.17, 15) is 4.79 Å². The minimum absolute atomic E-state index is 0.108. The second-order valence-electron chi connectivity index (χ2n) is 1.46. The molecule has 0 fully saturated rings. The zero-order valence-corrected chi connectivity index (χ0v) is 5.59. The van der Waals surface area contributed by atoms with Gasteiger partial charge in [0, 0.05) is 13.1 Å². The fourth-order valence-corrected chi connectivity index (χ4v) is 0.257. The van der Waals surface area contributed by atoms with Crippen LogP contribution in [0.5, 0.6) is 0 Å². The van der Waals surface area contributed by atoms with Gasteiger partial charge in [-0.15, -0.1) is 0 Å². The second-order valence-corrected chi connectivity index (χ2v) is 1.46. The topological polar surface area (TPSA) is 41.5 Å². The second kappa shape index (κ2) is 5.03. The summed E-state index contributed by atoms with van der Waals surface area (Å²) in [6.07, 6.45) is 4.72. The van der Waals surface area contributed by atoms with Crippen LogP contribution in [0.25, 0.3) is 0 Å². The van der Waals surface area contributed by atoms with Gasteiger partial charge in [0.25, 0.3) is 0 Å². The predicted octanol–water partition coefficient (Wildman–Crippen LogP) is 0.684. The number of amides is 1. The van der Waals surface area contributed by atoms with Crippen LogP contribution in [0.15, 0.2) is 17.3 Å². The summed E-state index contributed by atoms with van der Waals surface area (Å²) in [6, 6.07) is 0. The number of hydrogen-bond donors (Lipinski definition) is 1. The summed E-state index contributed by atoms with van der Waals surface area (Å²) < 4.78 is 0. The Balaban J connectivity index is 3.36. The molecule has 9 heavy (non-hydrogen) atoms. The van der Waals surface area contributed by atoms with Gasteiger partial charge in [0.15, 0.2) is 0 Å². The zero-order valence-electron chi connectivity index (χ0n) is 5.59. The van der Waals surface area contributed by atoms with Crippen molar-refractivity contribution in [1.29, 1.82) is 0 Å². The first-order valence-corrected chi connectivity index (χ1v) is 2.67. The first kappa shape index (κ1) is 7.88. The number of aliphatic imine (C=N–C) groups is 1. The molecule has 1 N–H and O–H groups in total. The Morgan fingerprint density at radius 1 is 1.67 bits per heavy atom. The van der Waals surface area contributed by atoms with Gasteiger partial charge < -0.3 is 5.32 Å². The molecule has 0 aliphatic heterocycles. The molecule has 3 nitrogen and oxygen atoms in total. The van der Waals surface area contributed by atoms with Crippen molar-refractivity contribution in [2.75, 3.05) is 0 Å². The number of rotatable bonds is 2. The summed E-state index contributed by atoms with van der Waals surface area (Å²) in [6.45, 7) is 3.28. The summed E-state index contributed by atoms with van der Waals surface area (Å²) in [4.78, 5) is 13.9. The Labute approximate surface area is 54.5 Å². The third-order valence-corrected chi connectivity index (χ3v) is 0.577. The maximum absolute atomic E-state index is 10.2. The Bertz CT molecular complexity index is 138. The van der Waals surface area contributed by atoms with E-state index in [0.717, 1.165) is 0 Å². The molecule has 3 heteroatoms. The van der Waals surface area contributed by atoms with E-state index in [1.54, 1.807) is 12.3 Å². The standard InChI is InChI=1S/C6H10N2O/c1-3-4-7-5-8-6(2)9/h3-5H,1-2H3,(H,7,8,9)/b4-3-. The van der Waals surface area contributed by atoms with E-state index in [1.807, 2.05) is 6.92 Å². The van der Waals surface area contributed by atoms with E-state index in [0.29, 0.717) is 0 Å². The van der Waals surface area contributed by atoms with Gasteiger partial charge in [-0.25, -0.2) is 4.99 Å². The third-order valence-electron chi connectivity index (χ3n) is 0.577. The maximum atomic E-state index is 10.2. The third kappa shape index (κ3) is 6.88. The minimum atomic E-state index is -0.108. The van der Waals surface area contributed by atoms with Gasteiger partial charge in [0.1, 0.15) is 0 Å². The average molecular weight is 126 g/mol. The van der Waals surface area contributed by atoms with E-state index in [2.05, 4.69) is 10.3 Å². The van der Waals surface area contributed by atoms with E-state index in [-0.39, 0.29) is 5.91 Å². The smallest absolute Gasteiger partial charge is 0.221 e. The fraction of sp³-hybridized carbons (Fsp3) is 0.333. The molecule has 0 aromatic heterocycles. The van der Waals surface area contributed by atoms with Gasteiger partial charge in [0.05, 0.1) is 6.34 Å². The van der Waals surface area contributed by atoms with Gasteiger partial charge in [0.2, 0.25) is 5.91 Å². The average Bonchev–Trinajstić information content (AvgIpc) is 1.80. The Kier molecular flexibility index (Phi) is 4.40. The van der Waals surface area contributed by atoms with Crippen LogP contribution in [0.1, 0.15) is 13.8 Å². The molecule has 1 amide bonds. The Morgan fingerprint density at radius 2 is 2.33 bits per heavy atom. The molecule has 0 atom stereocenters. The van der Waals surface area contributed by atoms with Crippen LogP contribution >= 0.6 is 0 Å². The van der Waals surface area contributed by atoms with Crippen LogP contribution in [0.4, 0.5) is 0 Å². The van der Waals surface area contributed by atoms with Crippen molar-refractivity contribution in [3.8, 4) is 0 Å². The normalized spacial score (nSPS) is 10.9. The molecule has 0 aromatic rings. The molecular formula is C6H10N2O. The lowest BCUT2D eigenvalue weighted by Gasteiger charge is -1.85. The van der Waals surface area contributed by atoms with Crippen molar-refractivity contribution >= 4 is 12.2 Å². The number of nitrogens with zero attached hydrogens (tertiary/aromatic N) is 1. The molecule has 0 heterocycles. The molecule has 0 rings (SSSR count). The molecule has 50 valence electrons. The van der Waals surface area contributed by atoms with E-state index in [1.165, 1.54) is 13.3 Å². The Hall–Kier alpha value is -1.12. The van der Waals surface area contributed by atoms with Crippen LogP contribution in [-0.2, 0) is 4.79 Å². The van der Waals surface area contributed by atoms with Crippen molar-refractivity contribution in [1.82, 2.24) is 5.32 Å². The number of hydrogen-bond acceptors (Lipinski definition) is 2. The molecular weight excluding hydrogens is 116 g/mol. The van der Waals surface area contributed by atoms with E-state index >= 15 is 0 Å². The number of nitrogens with one attached hydrogen (secondary N) is 1. The zero-order chi connectivity index (χ0) is 7.11. The van der Waals surface area contributed by atoms with Crippen LogP contribution in [0, 0.1) is 0 Å². The summed E-state index contributed by atoms with van der Waals surface area (Å²) in [7, 11) is 0. The quantitative estimate of drug-likeness (QED) is 0.429. The van der Waals surface area contributed by atoms with Gasteiger partial charge in [-0.3, -0.25) is 4.79 Å². The van der Waals surface area contributed by atoms with Crippen LogP contribution in [0.2, 0.25) is 0 Å². The van der Waals surface area contributed by atoms with Crippen molar-refractivity contribution in [2.45, 2.75) is 13.8 Å². The highest BCUT2D eigenvalue weighted by Gasteiger charge is 1.79. The lowest BCUT2D eigenvalue weighted by molar-refractivity contribution is -0.117. The van der Waals surface area contributed by atoms with Crippen LogP contribution in [-0.4, -0.2) is 12.2 Å². The highest BCUT2D eigenvalue weighted by atomic mass is 16.1. The Morgan fingerprint density at radius 3 is 2.78 bits per heavy atom. The largest absolute Gasteiger partial charge is 0.317 e. The van der Waals surface area contributed by atoms with Crippen LogP contribution in [0.3, 0.4) is 0 Å². The van der Waals surface area contributed by atoms with Gasteiger partial charge >= 0.3 is 0 Å². The summed E-state index contributed by atoms with van der Waals surface area (Å²) in [5, 5.41) is 2.40. The van der Waals surface area contributed by atoms with Crippen molar-refractivity contribution in [2.24, 2.45) is 4.99 Å². The summed E-state index contributed by atoms with van der Waals surface area (Å²) in [5.74, 6) is -0.108. The molecule has 0 bridgehead atoms. The first-order valence-electron chi connectivity index (χ1n) is 2.67. The molecule has 0 saturated carbocycles. The summed E-state index contributed by atoms with van der Waals surface area (Å²) >= 11 is 0. The first-order chi connectivity index (χ1) is 4.27. The monoisotopic (exact) mass is 126 g/mol. The summed E-state index contributed by atoms with van der Waals surface area (Å²) in [5.41, 5.74) is 0. The number of carbonyl (C=O) groups is 1. The molecule has 0 aromatic carbocycles. The maximum Gasteiger partial charge on any atom is 0.221 e. The van der Waals surface area contributed by atoms with Crippen molar-refractivity contribution < 1.29 is 4.79 Å². The van der Waals surface area contributed by atoms with Gasteiger partial charge in [-0.2, -0.15) is 0 Å². The number of carbonyl (C=O) groups excluding carboxylic acids is 1. The lowest BCUT2D eigenvalue weighted by atomic mass is 10.7. The highest BCUT2D eigenvalue weighted by Crippen LogP contribution is 1.67. The van der Waals surface area contributed by atoms with Gasteiger partial charge in [-0.05, 0) is 6.92 Å².